The van der Waals surface area contributed by atoms with E-state index in [9.17, 15) is 18.0 Å². The lowest BCUT2D eigenvalue weighted by molar-refractivity contribution is -0.144. The van der Waals surface area contributed by atoms with Gasteiger partial charge in [-0.3, -0.25) is 4.79 Å². The van der Waals surface area contributed by atoms with Crippen molar-refractivity contribution < 1.29 is 22.7 Å². The maximum Gasteiger partial charge on any atom is 0.313 e. The fraction of sp³-hybridized carbons (Fsp3) is 0.182. The Morgan fingerprint density at radius 3 is 2.31 bits per heavy atom. The van der Waals surface area contributed by atoms with Crippen LogP contribution in [0.25, 0.3) is 0 Å². The monoisotopic (exact) mass is 230 g/mol. The van der Waals surface area contributed by atoms with Crippen LogP contribution in [0.1, 0.15) is 12.0 Å². The van der Waals surface area contributed by atoms with Crippen molar-refractivity contribution >= 4 is 5.97 Å². The zero-order chi connectivity index (χ0) is 12.0. The van der Waals surface area contributed by atoms with Crippen LogP contribution in [-0.2, 0) is 16.1 Å². The molecule has 0 fully saturated rings. The van der Waals surface area contributed by atoms with Gasteiger partial charge in [-0.05, 0) is 5.56 Å². The minimum Gasteiger partial charge on any atom is -0.460 e. The number of hydrogen-bond acceptors (Lipinski definition) is 2. The predicted octanol–water partition coefficient (Wildman–Crippen LogP) is 3.20. The Bertz CT molecular complexity index is 383. The molecule has 5 heteroatoms. The molecule has 0 radical (unpaired) electrons. The molecule has 1 aromatic rings. The summed E-state index contributed by atoms with van der Waals surface area (Å²) in [4.78, 5) is 10.9. The van der Waals surface area contributed by atoms with Gasteiger partial charge in [0.25, 0.3) is 0 Å². The van der Waals surface area contributed by atoms with Gasteiger partial charge in [0.15, 0.2) is 5.83 Å². The summed E-state index contributed by atoms with van der Waals surface area (Å²) in [6, 6.07) is 8.67. The Morgan fingerprint density at radius 2 is 1.75 bits per heavy atom. The fourth-order valence-corrected chi connectivity index (χ4v) is 0.983. The fourth-order valence-electron chi connectivity index (χ4n) is 0.983. The molecule has 0 unspecified atom stereocenters. The lowest BCUT2D eigenvalue weighted by Gasteiger charge is -2.03. The molecule has 16 heavy (non-hydrogen) atoms. The van der Waals surface area contributed by atoms with Crippen molar-refractivity contribution in [2.24, 2.45) is 0 Å². The van der Waals surface area contributed by atoms with Crippen LogP contribution in [0.2, 0.25) is 0 Å². The molecule has 86 valence electrons. The van der Waals surface area contributed by atoms with Crippen molar-refractivity contribution in [3.8, 4) is 0 Å². The van der Waals surface area contributed by atoms with E-state index in [1.54, 1.807) is 30.3 Å². The first-order chi connectivity index (χ1) is 7.59. The summed E-state index contributed by atoms with van der Waals surface area (Å²) in [5, 5.41) is 0. The average molecular weight is 230 g/mol. The molecule has 0 saturated heterocycles. The molecule has 0 aliphatic carbocycles. The van der Waals surface area contributed by atoms with E-state index < -0.39 is 24.3 Å². The third-order valence-corrected chi connectivity index (χ3v) is 1.75. The Morgan fingerprint density at radius 1 is 1.12 bits per heavy atom. The highest BCUT2D eigenvalue weighted by atomic mass is 19.3. The number of ether oxygens (including phenoxy) is 1. The van der Waals surface area contributed by atoms with Gasteiger partial charge in [-0.1, -0.05) is 30.3 Å². The third-order valence-electron chi connectivity index (χ3n) is 1.75. The number of carbonyl (C=O) groups excluding carboxylic acids is 1. The molecule has 0 N–H and O–H groups in total. The molecule has 0 atom stereocenters. The zero-order valence-corrected chi connectivity index (χ0v) is 8.25. The molecule has 0 spiro atoms. The van der Waals surface area contributed by atoms with E-state index in [4.69, 9.17) is 0 Å². The second kappa shape index (κ2) is 5.95. The maximum atomic E-state index is 12.3. The number of rotatable bonds is 4. The van der Waals surface area contributed by atoms with Gasteiger partial charge in [0.2, 0.25) is 0 Å². The standard InChI is InChI=1S/C11H9F3O2/c12-9(11(13)14)6-10(15)16-7-8-4-2-1-3-5-8/h1-5H,6-7H2. The predicted molar refractivity (Wildman–Crippen MR) is 51.2 cm³/mol. The quantitative estimate of drug-likeness (QED) is 0.742. The molecule has 0 aliphatic heterocycles. The van der Waals surface area contributed by atoms with E-state index in [-0.39, 0.29) is 6.61 Å². The number of benzene rings is 1. The highest BCUT2D eigenvalue weighted by Crippen LogP contribution is 2.14. The van der Waals surface area contributed by atoms with Gasteiger partial charge in [-0.25, -0.2) is 4.39 Å². The van der Waals surface area contributed by atoms with Crippen LogP contribution in [0, 0.1) is 0 Å². The van der Waals surface area contributed by atoms with Gasteiger partial charge < -0.3 is 4.74 Å². The van der Waals surface area contributed by atoms with Crippen LogP contribution >= 0.6 is 0 Å². The highest BCUT2D eigenvalue weighted by Gasteiger charge is 2.12. The van der Waals surface area contributed by atoms with Crippen LogP contribution < -0.4 is 0 Å². The Labute approximate surface area is 90.3 Å². The van der Waals surface area contributed by atoms with Gasteiger partial charge in [-0.15, -0.1) is 0 Å². The van der Waals surface area contributed by atoms with E-state index in [0.717, 1.165) is 0 Å². The van der Waals surface area contributed by atoms with Gasteiger partial charge >= 0.3 is 12.0 Å². The molecule has 0 aromatic heterocycles. The van der Waals surface area contributed by atoms with Crippen molar-refractivity contribution in [1.82, 2.24) is 0 Å². The molecular formula is C11H9F3O2. The molecule has 2 nitrogen and oxygen atoms in total. The molecule has 0 bridgehead atoms. The van der Waals surface area contributed by atoms with Crippen LogP contribution in [0.4, 0.5) is 13.2 Å². The minimum absolute atomic E-state index is 0.0547. The van der Waals surface area contributed by atoms with E-state index in [1.807, 2.05) is 0 Å². The second-order valence-corrected chi connectivity index (χ2v) is 2.99. The normalized spacial score (nSPS) is 9.69. The van der Waals surface area contributed by atoms with E-state index in [2.05, 4.69) is 4.74 Å². The van der Waals surface area contributed by atoms with E-state index in [0.29, 0.717) is 5.56 Å². The summed E-state index contributed by atoms with van der Waals surface area (Å²) in [5.74, 6) is -2.77. The number of carbonyl (C=O) groups is 1. The van der Waals surface area contributed by atoms with Crippen molar-refractivity contribution in [2.75, 3.05) is 0 Å². The molecule has 0 heterocycles. The van der Waals surface area contributed by atoms with Crippen molar-refractivity contribution in [3.05, 3.63) is 47.8 Å². The van der Waals surface area contributed by atoms with Crippen LogP contribution in [0.5, 0.6) is 0 Å². The Hall–Kier alpha value is -1.78. The van der Waals surface area contributed by atoms with Crippen LogP contribution in [0.3, 0.4) is 0 Å². The maximum absolute atomic E-state index is 12.3. The van der Waals surface area contributed by atoms with E-state index in [1.165, 1.54) is 0 Å². The van der Waals surface area contributed by atoms with E-state index >= 15 is 0 Å². The van der Waals surface area contributed by atoms with Gasteiger partial charge in [0.1, 0.15) is 13.0 Å². The molecule has 1 rings (SSSR count). The Kier molecular flexibility index (Phi) is 4.57. The SMILES string of the molecule is O=C(CC(F)=C(F)F)OCc1ccccc1. The van der Waals surface area contributed by atoms with Crippen molar-refractivity contribution in [1.29, 1.82) is 0 Å². The van der Waals surface area contributed by atoms with Crippen LogP contribution in [0.15, 0.2) is 42.2 Å². The Balaban J connectivity index is 2.40. The van der Waals surface area contributed by atoms with Crippen molar-refractivity contribution in [2.45, 2.75) is 13.0 Å². The molecule has 0 amide bonds. The van der Waals surface area contributed by atoms with Gasteiger partial charge in [0.05, 0.1) is 0 Å². The lowest BCUT2D eigenvalue weighted by Crippen LogP contribution is -2.04. The summed E-state index contributed by atoms with van der Waals surface area (Å²) >= 11 is 0. The molecule has 0 saturated carbocycles. The summed E-state index contributed by atoms with van der Waals surface area (Å²) in [5.41, 5.74) is 0.709. The first-order valence-corrected chi connectivity index (χ1v) is 4.49. The van der Waals surface area contributed by atoms with Gasteiger partial charge in [0, 0.05) is 0 Å². The molecule has 1 aromatic carbocycles. The second-order valence-electron chi connectivity index (χ2n) is 2.99. The first-order valence-electron chi connectivity index (χ1n) is 4.49. The highest BCUT2D eigenvalue weighted by molar-refractivity contribution is 5.71. The topological polar surface area (TPSA) is 26.3 Å². The summed E-state index contributed by atoms with van der Waals surface area (Å²) in [7, 11) is 0. The number of halogens is 3. The molecule has 0 aliphatic rings. The summed E-state index contributed by atoms with van der Waals surface area (Å²) in [6.07, 6.45) is -3.52. The molecular weight excluding hydrogens is 221 g/mol. The van der Waals surface area contributed by atoms with Crippen molar-refractivity contribution in [3.63, 3.8) is 0 Å². The largest absolute Gasteiger partial charge is 0.460 e. The zero-order valence-electron chi connectivity index (χ0n) is 8.25. The number of esters is 1. The summed E-state index contributed by atoms with van der Waals surface area (Å²) in [6.45, 7) is -0.0547. The first kappa shape index (κ1) is 12.3. The van der Waals surface area contributed by atoms with Crippen LogP contribution in [-0.4, -0.2) is 5.97 Å². The minimum atomic E-state index is -2.49. The smallest absolute Gasteiger partial charge is 0.313 e. The third kappa shape index (κ3) is 4.16. The average Bonchev–Trinajstić information content (AvgIpc) is 2.27. The lowest BCUT2D eigenvalue weighted by atomic mass is 10.2. The summed E-state index contributed by atoms with van der Waals surface area (Å²) < 4.78 is 40.2. The number of hydrogen-bond donors (Lipinski definition) is 0. The van der Waals surface area contributed by atoms with Gasteiger partial charge in [-0.2, -0.15) is 8.78 Å².